The van der Waals surface area contributed by atoms with Crippen molar-refractivity contribution in [2.45, 2.75) is 0 Å². The SMILES string of the molecule is Nc1ccc(Nc2c(F)cc(F)cc2F)c(Br)c1. The zero-order valence-corrected chi connectivity index (χ0v) is 10.6. The fraction of sp³-hybridized carbons (Fsp3) is 0. The van der Waals surface area contributed by atoms with E-state index in [-0.39, 0.29) is 0 Å². The van der Waals surface area contributed by atoms with Crippen LogP contribution in [-0.4, -0.2) is 0 Å². The molecule has 0 aliphatic heterocycles. The highest BCUT2D eigenvalue weighted by Crippen LogP contribution is 2.30. The van der Waals surface area contributed by atoms with Gasteiger partial charge in [-0.1, -0.05) is 0 Å². The van der Waals surface area contributed by atoms with Gasteiger partial charge in [0.2, 0.25) is 0 Å². The Kier molecular flexibility index (Phi) is 3.47. The summed E-state index contributed by atoms with van der Waals surface area (Å²) in [6.07, 6.45) is 0. The van der Waals surface area contributed by atoms with Crippen LogP contribution in [0.4, 0.5) is 30.2 Å². The van der Waals surface area contributed by atoms with Crippen LogP contribution in [0.2, 0.25) is 0 Å². The lowest BCUT2D eigenvalue weighted by atomic mass is 10.2. The summed E-state index contributed by atoms with van der Waals surface area (Å²) in [6, 6.07) is 5.93. The van der Waals surface area contributed by atoms with E-state index < -0.39 is 23.1 Å². The molecule has 0 saturated heterocycles. The summed E-state index contributed by atoms with van der Waals surface area (Å²) in [6.45, 7) is 0. The molecule has 2 rings (SSSR count). The Hall–Kier alpha value is -1.69. The standard InChI is InChI=1S/C12H8BrF3N2/c13-8-5-7(17)1-2-11(8)18-12-9(15)3-6(14)4-10(12)16/h1-5,18H,17H2. The molecule has 0 aliphatic rings. The van der Waals surface area contributed by atoms with E-state index in [1.54, 1.807) is 18.2 Å². The number of anilines is 3. The molecule has 0 saturated carbocycles. The molecule has 0 aliphatic carbocycles. The summed E-state index contributed by atoms with van der Waals surface area (Å²) in [4.78, 5) is 0. The second-order valence-corrected chi connectivity index (χ2v) is 4.46. The lowest BCUT2D eigenvalue weighted by molar-refractivity contribution is 0.549. The molecule has 0 fully saturated rings. The van der Waals surface area contributed by atoms with Crippen LogP contribution in [0.25, 0.3) is 0 Å². The fourth-order valence-electron chi connectivity index (χ4n) is 1.43. The van der Waals surface area contributed by atoms with Gasteiger partial charge >= 0.3 is 0 Å². The van der Waals surface area contributed by atoms with E-state index in [0.29, 0.717) is 28.0 Å². The van der Waals surface area contributed by atoms with Crippen molar-refractivity contribution in [3.05, 3.63) is 52.3 Å². The second-order valence-electron chi connectivity index (χ2n) is 3.61. The number of hydrogen-bond donors (Lipinski definition) is 2. The van der Waals surface area contributed by atoms with Crippen molar-refractivity contribution < 1.29 is 13.2 Å². The Balaban J connectivity index is 2.40. The average molecular weight is 317 g/mol. The van der Waals surface area contributed by atoms with E-state index in [4.69, 9.17) is 5.73 Å². The molecule has 0 amide bonds. The molecule has 2 aromatic rings. The van der Waals surface area contributed by atoms with E-state index in [1.807, 2.05) is 0 Å². The first-order valence-electron chi connectivity index (χ1n) is 4.94. The predicted molar refractivity (Wildman–Crippen MR) is 68.2 cm³/mol. The van der Waals surface area contributed by atoms with Gasteiger partial charge in [0.1, 0.15) is 11.5 Å². The van der Waals surface area contributed by atoms with Gasteiger partial charge in [-0.05, 0) is 34.1 Å². The lowest BCUT2D eigenvalue weighted by Crippen LogP contribution is -1.99. The Bertz CT molecular complexity index is 579. The normalized spacial score (nSPS) is 10.4. The molecular formula is C12H8BrF3N2. The average Bonchev–Trinajstić information content (AvgIpc) is 2.25. The van der Waals surface area contributed by atoms with E-state index in [9.17, 15) is 13.2 Å². The topological polar surface area (TPSA) is 38.0 Å². The zero-order valence-electron chi connectivity index (χ0n) is 8.98. The number of halogens is 4. The second kappa shape index (κ2) is 4.89. The third kappa shape index (κ3) is 2.59. The van der Waals surface area contributed by atoms with Crippen LogP contribution in [0.1, 0.15) is 0 Å². The molecule has 0 spiro atoms. The Labute approximate surface area is 110 Å². The minimum atomic E-state index is -1.00. The Morgan fingerprint density at radius 2 is 1.61 bits per heavy atom. The summed E-state index contributed by atoms with van der Waals surface area (Å²) in [5.74, 6) is -2.97. The third-order valence-electron chi connectivity index (χ3n) is 2.26. The Morgan fingerprint density at radius 3 is 2.17 bits per heavy atom. The fourth-order valence-corrected chi connectivity index (χ4v) is 1.92. The molecule has 2 aromatic carbocycles. The molecule has 3 N–H and O–H groups in total. The molecule has 0 unspecified atom stereocenters. The number of rotatable bonds is 2. The maximum Gasteiger partial charge on any atom is 0.152 e. The van der Waals surface area contributed by atoms with E-state index in [1.165, 1.54) is 0 Å². The van der Waals surface area contributed by atoms with Crippen LogP contribution in [0.5, 0.6) is 0 Å². The number of nitrogen functional groups attached to an aromatic ring is 1. The predicted octanol–water partition coefficient (Wildman–Crippen LogP) is 4.19. The monoisotopic (exact) mass is 316 g/mol. The van der Waals surface area contributed by atoms with Crippen LogP contribution >= 0.6 is 15.9 Å². The van der Waals surface area contributed by atoms with Crippen LogP contribution in [0, 0.1) is 17.5 Å². The summed E-state index contributed by atoms with van der Waals surface area (Å²) in [5, 5.41) is 2.54. The molecule has 94 valence electrons. The largest absolute Gasteiger partial charge is 0.399 e. The summed E-state index contributed by atoms with van der Waals surface area (Å²) in [7, 11) is 0. The molecule has 18 heavy (non-hydrogen) atoms. The highest BCUT2D eigenvalue weighted by molar-refractivity contribution is 9.10. The maximum atomic E-state index is 13.4. The summed E-state index contributed by atoms with van der Waals surface area (Å²) >= 11 is 3.21. The molecule has 0 atom stereocenters. The van der Waals surface area contributed by atoms with Gasteiger partial charge in [0, 0.05) is 22.3 Å². The minimum Gasteiger partial charge on any atom is -0.399 e. The van der Waals surface area contributed by atoms with Gasteiger partial charge in [0.05, 0.1) is 5.69 Å². The van der Waals surface area contributed by atoms with Gasteiger partial charge in [-0.25, -0.2) is 13.2 Å². The number of hydrogen-bond acceptors (Lipinski definition) is 2. The first-order chi connectivity index (χ1) is 8.47. The van der Waals surface area contributed by atoms with Crippen LogP contribution in [0.15, 0.2) is 34.8 Å². The summed E-state index contributed by atoms with van der Waals surface area (Å²) in [5.41, 5.74) is 6.06. The molecule has 0 radical (unpaired) electrons. The first kappa shape index (κ1) is 12.8. The van der Waals surface area contributed by atoms with E-state index in [0.717, 1.165) is 0 Å². The van der Waals surface area contributed by atoms with Crippen LogP contribution in [0.3, 0.4) is 0 Å². The molecular weight excluding hydrogens is 309 g/mol. The van der Waals surface area contributed by atoms with Crippen molar-refractivity contribution in [2.75, 3.05) is 11.1 Å². The number of nitrogens with one attached hydrogen (secondary N) is 1. The van der Waals surface area contributed by atoms with Gasteiger partial charge in [-0.3, -0.25) is 0 Å². The van der Waals surface area contributed by atoms with Gasteiger partial charge in [0.15, 0.2) is 11.6 Å². The van der Waals surface area contributed by atoms with Crippen molar-refractivity contribution in [2.24, 2.45) is 0 Å². The quantitative estimate of drug-likeness (QED) is 0.815. The van der Waals surface area contributed by atoms with Gasteiger partial charge in [-0.15, -0.1) is 0 Å². The van der Waals surface area contributed by atoms with Crippen molar-refractivity contribution in [3.8, 4) is 0 Å². The Morgan fingerprint density at radius 1 is 1.00 bits per heavy atom. The molecule has 0 aromatic heterocycles. The highest BCUT2D eigenvalue weighted by atomic mass is 79.9. The van der Waals surface area contributed by atoms with Gasteiger partial charge in [0.25, 0.3) is 0 Å². The number of nitrogens with two attached hydrogens (primary N) is 1. The van der Waals surface area contributed by atoms with Crippen molar-refractivity contribution in [1.82, 2.24) is 0 Å². The highest BCUT2D eigenvalue weighted by Gasteiger charge is 2.12. The molecule has 0 bridgehead atoms. The van der Waals surface area contributed by atoms with E-state index in [2.05, 4.69) is 21.2 Å². The number of benzene rings is 2. The van der Waals surface area contributed by atoms with Crippen LogP contribution in [-0.2, 0) is 0 Å². The van der Waals surface area contributed by atoms with Gasteiger partial charge < -0.3 is 11.1 Å². The summed E-state index contributed by atoms with van der Waals surface area (Å²) < 4.78 is 40.1. The van der Waals surface area contributed by atoms with Crippen molar-refractivity contribution in [1.29, 1.82) is 0 Å². The van der Waals surface area contributed by atoms with Crippen molar-refractivity contribution >= 4 is 33.0 Å². The zero-order chi connectivity index (χ0) is 13.3. The third-order valence-corrected chi connectivity index (χ3v) is 2.92. The minimum absolute atomic E-state index is 0.415. The van der Waals surface area contributed by atoms with Crippen molar-refractivity contribution in [3.63, 3.8) is 0 Å². The smallest absolute Gasteiger partial charge is 0.152 e. The first-order valence-corrected chi connectivity index (χ1v) is 5.73. The lowest BCUT2D eigenvalue weighted by Gasteiger charge is -2.11. The molecule has 6 heteroatoms. The molecule has 2 nitrogen and oxygen atoms in total. The van der Waals surface area contributed by atoms with E-state index >= 15 is 0 Å². The molecule has 0 heterocycles. The van der Waals surface area contributed by atoms with Crippen LogP contribution < -0.4 is 11.1 Å². The van der Waals surface area contributed by atoms with Gasteiger partial charge in [-0.2, -0.15) is 0 Å². The maximum absolute atomic E-state index is 13.4.